The van der Waals surface area contributed by atoms with Crippen molar-refractivity contribution >= 4 is 23.6 Å². The zero-order chi connectivity index (χ0) is 58.5. The lowest BCUT2D eigenvalue weighted by atomic mass is 9.94. The van der Waals surface area contributed by atoms with Crippen LogP contribution in [0.3, 0.4) is 0 Å². The van der Waals surface area contributed by atoms with E-state index in [1.807, 2.05) is 0 Å². The number of carbonyl (C=O) groups excluding carboxylic acids is 4. The summed E-state index contributed by atoms with van der Waals surface area (Å²) in [7, 11) is 0. The molecular formula is C44H74N4O31. The third kappa shape index (κ3) is 15.0. The number of aliphatic hydroxyl groups excluding tert-OH is 16. The first kappa shape index (κ1) is 65.0. The van der Waals surface area contributed by atoms with E-state index in [1.54, 1.807) is 0 Å². The molecule has 0 spiro atoms. The Labute approximate surface area is 448 Å². The Morgan fingerprint density at radius 3 is 1.14 bits per heavy atom. The smallest absolute Gasteiger partial charge is 0.217 e. The molecule has 79 heavy (non-hydrogen) atoms. The van der Waals surface area contributed by atoms with E-state index in [0.29, 0.717) is 0 Å². The predicted molar refractivity (Wildman–Crippen MR) is 246 cm³/mol. The number of nitrogens with one attached hydrogen (secondary N) is 4. The van der Waals surface area contributed by atoms with Crippen molar-refractivity contribution < 1.29 is 153 Å². The van der Waals surface area contributed by atoms with Crippen LogP contribution in [-0.2, 0) is 71.3 Å². The Hall–Kier alpha value is -3.20. The Kier molecular flexibility index (Phi) is 23.3. The molecule has 0 aliphatic carbocycles. The summed E-state index contributed by atoms with van der Waals surface area (Å²) in [5.74, 6) is -3.03. The van der Waals surface area contributed by atoms with Gasteiger partial charge < -0.3 is 155 Å². The summed E-state index contributed by atoms with van der Waals surface area (Å²) in [6.45, 7) is -1.24. The SMILES string of the molecule is CC(=O)N[C@@H]1[C@@H](O)[C@H](O[C@@H]2O[C@H](CO)[C@@H](O[C@@H]3O[C@H](CO[C@H]4O[C@H](CO[C@@H]5O[C@H](CO)[C@@H](O)[C@H](O)[C@H]5NC(C)=O)[C@@H](O)[C@H](O)[C@@H]4O[C@@H]4O[C@H](CO)[C@@H](O)[C@H](O)[C@H]4NC(C)=O)[C@@H](O)[C@H](O)[C@@H]3O)[C@H](O)[C@H]2NC(C)=O)[C@@H](CO)O[C@H]1O. The molecule has 20 N–H and O–H groups in total. The maximum absolute atomic E-state index is 12.5. The summed E-state index contributed by atoms with van der Waals surface area (Å²) in [6, 6.07) is -6.38. The second kappa shape index (κ2) is 28.4. The standard InChI is InChI=1S/C44H74N4O31/c1-11(53)45-21-31(63)36(17(7-51)71-39(21)68)77-42-24(48-14(4)56)32(64)37(18(8-52)74-42)78-43-35(67)33(65)27(59)19(75-43)10-70-44-38(79-41-23(47-13(3)55)30(62)26(58)16(6-50)73-41)34(66)28(60)20(76-44)9-69-40-22(46-12(2)54)29(61)25(57)15(5-49)72-40/h15-44,49-52,57-68H,5-10H2,1-4H3,(H,45,53)(H,46,54)(H,47,55)(H,48,56)/t15-,16-,17-,18-,19-,20-,21-,22-,23-,24-,25-,26-,27-,28-,29-,30-,31-,32-,33+,34+,35+,36-,37-,38+,39-,40-,41+,42+,43+,44+/m1/s1. The van der Waals surface area contributed by atoms with Crippen LogP contribution < -0.4 is 21.3 Å². The molecule has 35 nitrogen and oxygen atoms in total. The van der Waals surface area contributed by atoms with Crippen LogP contribution in [0.25, 0.3) is 0 Å². The van der Waals surface area contributed by atoms with Crippen molar-refractivity contribution in [3.63, 3.8) is 0 Å². The van der Waals surface area contributed by atoms with Crippen LogP contribution in [0, 0.1) is 0 Å². The van der Waals surface area contributed by atoms with Gasteiger partial charge in [-0.3, -0.25) is 19.2 Å². The second-order valence-electron chi connectivity index (χ2n) is 19.8. The molecule has 0 aromatic heterocycles. The summed E-state index contributed by atoms with van der Waals surface area (Å²) < 4.78 is 63.9. The fraction of sp³-hybridized carbons (Fsp3) is 0.909. The molecule has 4 amide bonds. The molecule has 6 heterocycles. The van der Waals surface area contributed by atoms with Crippen molar-refractivity contribution in [1.82, 2.24) is 21.3 Å². The minimum absolute atomic E-state index is 0.709. The molecule has 6 rings (SSSR count). The molecule has 6 fully saturated rings. The summed E-state index contributed by atoms with van der Waals surface area (Å²) in [4.78, 5) is 48.7. The van der Waals surface area contributed by atoms with Crippen LogP contribution in [0.2, 0.25) is 0 Å². The van der Waals surface area contributed by atoms with Crippen molar-refractivity contribution in [1.29, 1.82) is 0 Å². The van der Waals surface area contributed by atoms with E-state index in [1.165, 1.54) is 0 Å². The number of ether oxygens (including phenoxy) is 11. The van der Waals surface area contributed by atoms with Crippen LogP contribution in [-0.4, -0.2) is 329 Å². The van der Waals surface area contributed by atoms with Gasteiger partial charge in [0.25, 0.3) is 0 Å². The molecule has 456 valence electrons. The van der Waals surface area contributed by atoms with Gasteiger partial charge >= 0.3 is 0 Å². The molecule has 0 aromatic rings. The molecule has 0 unspecified atom stereocenters. The maximum atomic E-state index is 12.5. The van der Waals surface area contributed by atoms with Crippen LogP contribution >= 0.6 is 0 Å². The first-order valence-electron chi connectivity index (χ1n) is 25.1. The van der Waals surface area contributed by atoms with E-state index in [2.05, 4.69) is 21.3 Å². The van der Waals surface area contributed by atoms with Gasteiger partial charge in [0.05, 0.1) is 39.6 Å². The van der Waals surface area contributed by atoms with Crippen LogP contribution in [0.1, 0.15) is 27.7 Å². The number of hydrogen-bond donors (Lipinski definition) is 20. The quantitative estimate of drug-likeness (QED) is 0.0538. The van der Waals surface area contributed by atoms with Crippen molar-refractivity contribution in [2.45, 2.75) is 212 Å². The molecule has 0 bridgehead atoms. The molecule has 0 saturated carbocycles. The zero-order valence-electron chi connectivity index (χ0n) is 42.8. The van der Waals surface area contributed by atoms with Crippen LogP contribution in [0.4, 0.5) is 0 Å². The lowest BCUT2D eigenvalue weighted by molar-refractivity contribution is -0.375. The number of amides is 4. The van der Waals surface area contributed by atoms with Gasteiger partial charge in [-0.2, -0.15) is 0 Å². The Balaban J connectivity index is 1.24. The number of aliphatic hydroxyl groups is 16. The summed E-state index contributed by atoms with van der Waals surface area (Å²) in [5.41, 5.74) is 0. The van der Waals surface area contributed by atoms with E-state index in [9.17, 15) is 101 Å². The third-order valence-corrected chi connectivity index (χ3v) is 14.0. The first-order valence-corrected chi connectivity index (χ1v) is 25.1. The van der Waals surface area contributed by atoms with Crippen LogP contribution in [0.5, 0.6) is 0 Å². The summed E-state index contributed by atoms with van der Waals surface area (Å²) in [5, 5.41) is 183. The molecule has 6 saturated heterocycles. The highest BCUT2D eigenvalue weighted by Crippen LogP contribution is 2.35. The monoisotopic (exact) mass is 1150 g/mol. The van der Waals surface area contributed by atoms with Gasteiger partial charge in [-0.25, -0.2) is 0 Å². The molecule has 35 heteroatoms. The van der Waals surface area contributed by atoms with Gasteiger partial charge in [0.2, 0.25) is 23.6 Å². The van der Waals surface area contributed by atoms with Gasteiger partial charge in [0.15, 0.2) is 37.7 Å². The van der Waals surface area contributed by atoms with Gasteiger partial charge in [-0.05, 0) is 0 Å². The number of carbonyl (C=O) groups is 4. The lowest BCUT2D eigenvalue weighted by Crippen LogP contribution is -2.70. The fourth-order valence-corrected chi connectivity index (χ4v) is 9.91. The van der Waals surface area contributed by atoms with E-state index < -0.39 is 247 Å². The highest BCUT2D eigenvalue weighted by Gasteiger charge is 2.57. The highest BCUT2D eigenvalue weighted by molar-refractivity contribution is 5.74. The lowest BCUT2D eigenvalue weighted by Gasteiger charge is -2.49. The highest BCUT2D eigenvalue weighted by atomic mass is 16.8. The average molecular weight is 1160 g/mol. The van der Waals surface area contributed by atoms with Gasteiger partial charge in [0, 0.05) is 27.7 Å². The maximum Gasteiger partial charge on any atom is 0.217 e. The fourth-order valence-electron chi connectivity index (χ4n) is 9.91. The van der Waals surface area contributed by atoms with E-state index >= 15 is 0 Å². The molecule has 30 atom stereocenters. The van der Waals surface area contributed by atoms with Gasteiger partial charge in [0.1, 0.15) is 146 Å². The summed E-state index contributed by atoms with van der Waals surface area (Å²) >= 11 is 0. The Morgan fingerprint density at radius 1 is 0.329 bits per heavy atom. The van der Waals surface area contributed by atoms with Crippen molar-refractivity contribution in [3.8, 4) is 0 Å². The summed E-state index contributed by atoms with van der Waals surface area (Å²) in [6.07, 6.45) is -48.4. The zero-order valence-corrected chi connectivity index (χ0v) is 42.8. The molecular weight excluding hydrogens is 1080 g/mol. The second-order valence-corrected chi connectivity index (χ2v) is 19.8. The van der Waals surface area contributed by atoms with Crippen molar-refractivity contribution in [3.05, 3.63) is 0 Å². The first-order chi connectivity index (χ1) is 37.3. The molecule has 6 aliphatic rings. The van der Waals surface area contributed by atoms with E-state index in [4.69, 9.17) is 52.1 Å². The molecule has 6 aliphatic heterocycles. The average Bonchev–Trinajstić information content (AvgIpc) is 3.43. The van der Waals surface area contributed by atoms with Crippen molar-refractivity contribution in [2.24, 2.45) is 0 Å². The van der Waals surface area contributed by atoms with Crippen LogP contribution in [0.15, 0.2) is 0 Å². The van der Waals surface area contributed by atoms with Gasteiger partial charge in [-0.1, -0.05) is 0 Å². The third-order valence-electron chi connectivity index (χ3n) is 14.0. The molecule has 0 radical (unpaired) electrons. The topological polar surface area (TPSA) is 542 Å². The van der Waals surface area contributed by atoms with E-state index in [-0.39, 0.29) is 0 Å². The largest absolute Gasteiger partial charge is 0.394 e. The minimum atomic E-state index is -2.19. The number of hydrogen-bond acceptors (Lipinski definition) is 31. The number of rotatable bonds is 20. The molecule has 0 aromatic carbocycles. The van der Waals surface area contributed by atoms with E-state index in [0.717, 1.165) is 27.7 Å². The predicted octanol–water partition coefficient (Wildman–Crippen LogP) is -13.5. The Bertz CT molecular complexity index is 1990. The minimum Gasteiger partial charge on any atom is -0.394 e. The van der Waals surface area contributed by atoms with Gasteiger partial charge in [-0.15, -0.1) is 0 Å². The Morgan fingerprint density at radius 2 is 0.658 bits per heavy atom. The normalized spacial score (nSPS) is 46.7. The van der Waals surface area contributed by atoms with Crippen molar-refractivity contribution in [2.75, 3.05) is 39.6 Å².